The number of halogens is 1. The largest absolute Gasteiger partial charge is 0.508 e. The number of benzene rings is 1. The van der Waals surface area contributed by atoms with Crippen molar-refractivity contribution in [3.05, 3.63) is 29.6 Å². The molecule has 2 fully saturated rings. The quantitative estimate of drug-likeness (QED) is 0.873. The maximum atomic E-state index is 14.0. The summed E-state index contributed by atoms with van der Waals surface area (Å²) in [4.78, 5) is 2.39. The van der Waals surface area contributed by atoms with E-state index in [-0.39, 0.29) is 17.6 Å². The van der Waals surface area contributed by atoms with E-state index in [1.54, 1.807) is 12.1 Å². The van der Waals surface area contributed by atoms with Crippen molar-refractivity contribution in [1.29, 1.82) is 0 Å². The molecular formula is C17H24FNO. The maximum Gasteiger partial charge on any atom is 0.131 e. The van der Waals surface area contributed by atoms with Gasteiger partial charge in [0.1, 0.15) is 11.6 Å². The van der Waals surface area contributed by atoms with Gasteiger partial charge >= 0.3 is 0 Å². The second-order valence-corrected chi connectivity index (χ2v) is 6.62. The molecule has 20 heavy (non-hydrogen) atoms. The Hall–Kier alpha value is -1.09. The maximum absolute atomic E-state index is 14.0. The summed E-state index contributed by atoms with van der Waals surface area (Å²) in [6.07, 6.45) is 8.09. The Kier molecular flexibility index (Phi) is 3.72. The minimum Gasteiger partial charge on any atom is -0.508 e. The second-order valence-electron chi connectivity index (χ2n) is 6.62. The lowest BCUT2D eigenvalue weighted by Crippen LogP contribution is -2.40. The van der Waals surface area contributed by atoms with E-state index in [0.29, 0.717) is 11.0 Å². The average molecular weight is 277 g/mol. The monoisotopic (exact) mass is 277 g/mol. The van der Waals surface area contributed by atoms with Crippen molar-refractivity contribution in [3.8, 4) is 5.75 Å². The molecule has 1 aliphatic heterocycles. The first-order chi connectivity index (χ1) is 9.60. The molecule has 0 bridgehead atoms. The Bertz CT molecular complexity index is 472. The summed E-state index contributed by atoms with van der Waals surface area (Å²) in [5.41, 5.74) is 1.30. The minimum absolute atomic E-state index is 0.00185. The molecule has 1 saturated heterocycles. The summed E-state index contributed by atoms with van der Waals surface area (Å²) in [5, 5.41) is 9.32. The van der Waals surface area contributed by atoms with Crippen molar-refractivity contribution < 1.29 is 9.50 Å². The first-order valence-electron chi connectivity index (χ1n) is 7.82. The van der Waals surface area contributed by atoms with Crippen molar-refractivity contribution in [2.24, 2.45) is 5.41 Å². The molecule has 2 nitrogen and oxygen atoms in total. The molecule has 110 valence electrons. The number of rotatable bonds is 2. The highest BCUT2D eigenvalue weighted by molar-refractivity contribution is 5.29. The lowest BCUT2D eigenvalue weighted by atomic mass is 9.76. The molecule has 1 aromatic carbocycles. The van der Waals surface area contributed by atoms with E-state index in [4.69, 9.17) is 0 Å². The number of phenols is 1. The molecule has 1 spiro atoms. The average Bonchev–Trinajstić information content (AvgIpc) is 2.87. The Morgan fingerprint density at radius 2 is 1.80 bits per heavy atom. The fraction of sp³-hybridized carbons (Fsp3) is 0.647. The summed E-state index contributed by atoms with van der Waals surface area (Å²) in [5.74, 6) is -0.291. The second kappa shape index (κ2) is 5.36. The summed E-state index contributed by atoms with van der Waals surface area (Å²) in [7, 11) is 0. The van der Waals surface area contributed by atoms with Crippen LogP contribution in [0.5, 0.6) is 5.75 Å². The topological polar surface area (TPSA) is 23.5 Å². The Labute approximate surface area is 120 Å². The van der Waals surface area contributed by atoms with Gasteiger partial charge in [0.2, 0.25) is 0 Å². The number of likely N-dealkylation sites (tertiary alicyclic amines) is 1. The van der Waals surface area contributed by atoms with Gasteiger partial charge in [-0.15, -0.1) is 0 Å². The van der Waals surface area contributed by atoms with E-state index in [1.807, 2.05) is 0 Å². The van der Waals surface area contributed by atoms with Crippen molar-refractivity contribution in [2.75, 3.05) is 13.1 Å². The molecule has 3 heteroatoms. The first-order valence-corrected chi connectivity index (χ1v) is 7.82. The van der Waals surface area contributed by atoms with E-state index in [2.05, 4.69) is 11.8 Å². The molecule has 1 saturated carbocycles. The lowest BCUT2D eigenvalue weighted by Gasteiger charge is -2.42. The molecule has 0 radical (unpaired) electrons. The molecular weight excluding hydrogens is 253 g/mol. The predicted octanol–water partition coefficient (Wildman–Crippen LogP) is 4.25. The first kappa shape index (κ1) is 13.9. The van der Waals surface area contributed by atoms with E-state index in [1.165, 1.54) is 44.6 Å². The molecule has 2 aliphatic rings. The molecule has 0 aromatic heterocycles. The van der Waals surface area contributed by atoms with Crippen LogP contribution in [0.3, 0.4) is 0 Å². The third-order valence-electron chi connectivity index (χ3n) is 5.50. The summed E-state index contributed by atoms with van der Waals surface area (Å²) in [6, 6.07) is 4.61. The van der Waals surface area contributed by atoms with Gasteiger partial charge in [0.15, 0.2) is 0 Å². The van der Waals surface area contributed by atoms with E-state index < -0.39 is 0 Å². The van der Waals surface area contributed by atoms with E-state index in [9.17, 15) is 9.50 Å². The van der Waals surface area contributed by atoms with Gasteiger partial charge in [-0.25, -0.2) is 4.39 Å². The van der Waals surface area contributed by atoms with Crippen LogP contribution in [-0.4, -0.2) is 23.1 Å². The van der Waals surface area contributed by atoms with Crippen molar-refractivity contribution in [1.82, 2.24) is 4.90 Å². The Morgan fingerprint density at radius 1 is 1.15 bits per heavy atom. The highest BCUT2D eigenvalue weighted by Crippen LogP contribution is 2.47. The van der Waals surface area contributed by atoms with E-state index in [0.717, 1.165) is 13.1 Å². The van der Waals surface area contributed by atoms with Crippen LogP contribution in [0.4, 0.5) is 4.39 Å². The van der Waals surface area contributed by atoms with Crippen LogP contribution >= 0.6 is 0 Å². The number of phenolic OH excluding ortho intramolecular Hbond substituents is 1. The van der Waals surface area contributed by atoms with Gasteiger partial charge in [-0.1, -0.05) is 18.9 Å². The number of nitrogens with zero attached hydrogens (tertiary/aromatic N) is 1. The van der Waals surface area contributed by atoms with Crippen LogP contribution in [0.15, 0.2) is 18.2 Å². The molecule has 1 heterocycles. The van der Waals surface area contributed by atoms with Gasteiger partial charge in [0.05, 0.1) is 0 Å². The van der Waals surface area contributed by atoms with Crippen molar-refractivity contribution >= 4 is 0 Å². The minimum atomic E-state index is -0.293. The van der Waals surface area contributed by atoms with Crippen molar-refractivity contribution in [3.63, 3.8) is 0 Å². The zero-order valence-electron chi connectivity index (χ0n) is 12.2. The highest BCUT2D eigenvalue weighted by atomic mass is 19.1. The smallest absolute Gasteiger partial charge is 0.131 e. The Morgan fingerprint density at radius 3 is 2.40 bits per heavy atom. The van der Waals surface area contributed by atoms with Crippen LogP contribution in [0.2, 0.25) is 0 Å². The molecule has 1 unspecified atom stereocenters. The molecule has 1 aromatic rings. The summed E-state index contributed by atoms with van der Waals surface area (Å²) >= 11 is 0. The van der Waals surface area contributed by atoms with Gasteiger partial charge in [0.25, 0.3) is 0 Å². The number of hydrogen-bond donors (Lipinski definition) is 1. The zero-order valence-corrected chi connectivity index (χ0v) is 12.2. The SMILES string of the molecule is CC(c1ccc(O)cc1F)N1CCC2(CCCC2)CC1. The molecule has 0 amide bonds. The highest BCUT2D eigenvalue weighted by Gasteiger charge is 2.38. The fourth-order valence-electron chi connectivity index (χ4n) is 4.06. The molecule has 1 N–H and O–H groups in total. The molecule has 1 atom stereocenters. The summed E-state index contributed by atoms with van der Waals surface area (Å²) < 4.78 is 14.0. The van der Waals surface area contributed by atoms with Gasteiger partial charge in [-0.3, -0.25) is 4.90 Å². The predicted molar refractivity (Wildman–Crippen MR) is 78.2 cm³/mol. The molecule has 3 rings (SSSR count). The normalized spacial score (nSPS) is 24.1. The Balaban J connectivity index is 1.68. The standard InChI is InChI=1S/C17H24FNO/c1-13(15-5-4-14(20)12-16(15)18)19-10-8-17(9-11-19)6-2-3-7-17/h4-5,12-13,20H,2-3,6-11H2,1H3. The number of aromatic hydroxyl groups is 1. The van der Waals surface area contributed by atoms with Gasteiger partial charge in [-0.2, -0.15) is 0 Å². The van der Waals surface area contributed by atoms with Crippen LogP contribution in [-0.2, 0) is 0 Å². The van der Waals surface area contributed by atoms with Crippen LogP contribution in [0.1, 0.15) is 57.1 Å². The third-order valence-corrected chi connectivity index (χ3v) is 5.50. The molecule has 1 aliphatic carbocycles. The number of hydrogen-bond acceptors (Lipinski definition) is 2. The lowest BCUT2D eigenvalue weighted by molar-refractivity contribution is 0.0802. The van der Waals surface area contributed by atoms with E-state index >= 15 is 0 Å². The van der Waals surface area contributed by atoms with Crippen LogP contribution < -0.4 is 0 Å². The van der Waals surface area contributed by atoms with Crippen LogP contribution in [0, 0.1) is 11.2 Å². The summed E-state index contributed by atoms with van der Waals surface area (Å²) in [6.45, 7) is 4.21. The van der Waals surface area contributed by atoms with Gasteiger partial charge < -0.3 is 5.11 Å². The number of piperidine rings is 1. The fourth-order valence-corrected chi connectivity index (χ4v) is 4.06. The van der Waals surface area contributed by atoms with Crippen LogP contribution in [0.25, 0.3) is 0 Å². The van der Waals surface area contributed by atoms with Gasteiger partial charge in [-0.05, 0) is 57.2 Å². The van der Waals surface area contributed by atoms with Crippen molar-refractivity contribution in [2.45, 2.75) is 51.5 Å². The zero-order chi connectivity index (χ0) is 14.2. The third kappa shape index (κ3) is 2.56. The van der Waals surface area contributed by atoms with Gasteiger partial charge in [0, 0.05) is 17.7 Å².